The van der Waals surface area contributed by atoms with E-state index in [1.807, 2.05) is 31.7 Å². The Morgan fingerprint density at radius 3 is 2.75 bits per heavy atom. The fraction of sp³-hybridized carbons (Fsp3) is 0.286. The highest BCUT2D eigenvalue weighted by molar-refractivity contribution is 6.10. The van der Waals surface area contributed by atoms with Gasteiger partial charge in [-0.15, -0.1) is 0 Å². The van der Waals surface area contributed by atoms with Crippen LogP contribution in [0.3, 0.4) is 0 Å². The van der Waals surface area contributed by atoms with Crippen molar-refractivity contribution in [3.63, 3.8) is 0 Å². The van der Waals surface area contributed by atoms with Crippen molar-refractivity contribution in [2.75, 3.05) is 27.3 Å². The van der Waals surface area contributed by atoms with E-state index >= 15 is 0 Å². The molecule has 1 atom stereocenters. The van der Waals surface area contributed by atoms with Gasteiger partial charge in [-0.2, -0.15) is 0 Å². The molecule has 1 unspecified atom stereocenters. The number of hydrogen-bond acceptors (Lipinski definition) is 6. The highest BCUT2D eigenvalue weighted by atomic mass is 16.5. The van der Waals surface area contributed by atoms with Gasteiger partial charge in [0.1, 0.15) is 5.82 Å². The van der Waals surface area contributed by atoms with E-state index in [9.17, 15) is 0 Å². The zero-order valence-electron chi connectivity index (χ0n) is 16.3. The van der Waals surface area contributed by atoms with Gasteiger partial charge in [-0.3, -0.25) is 19.4 Å². The van der Waals surface area contributed by atoms with Gasteiger partial charge in [0, 0.05) is 38.0 Å². The number of allylic oxidation sites excluding steroid dienone is 1. The van der Waals surface area contributed by atoms with E-state index in [4.69, 9.17) is 9.72 Å². The van der Waals surface area contributed by atoms with E-state index in [0.29, 0.717) is 6.61 Å². The summed E-state index contributed by atoms with van der Waals surface area (Å²) in [6.07, 6.45) is 7.35. The minimum absolute atomic E-state index is 0.113. The van der Waals surface area contributed by atoms with Crippen molar-refractivity contribution in [2.45, 2.75) is 13.2 Å². The molecular weight excluding hydrogens is 352 g/mol. The molecule has 0 saturated carbocycles. The highest BCUT2D eigenvalue weighted by Gasteiger charge is 2.20. The zero-order chi connectivity index (χ0) is 19.5. The minimum atomic E-state index is -0.113. The molecule has 1 aromatic carbocycles. The molecule has 0 bridgehead atoms. The molecule has 0 saturated heterocycles. The van der Waals surface area contributed by atoms with Crippen molar-refractivity contribution in [1.82, 2.24) is 24.8 Å². The molecule has 4 rings (SSSR count). The molecule has 0 aliphatic carbocycles. The summed E-state index contributed by atoms with van der Waals surface area (Å²) in [7, 11) is 3.72. The summed E-state index contributed by atoms with van der Waals surface area (Å²) >= 11 is 0. The fourth-order valence-electron chi connectivity index (χ4n) is 3.19. The number of aliphatic imine (C=N–C) groups is 1. The summed E-state index contributed by atoms with van der Waals surface area (Å²) in [5.41, 5.74) is 5.06. The number of ether oxygens (including phenoxy) is 1. The molecule has 3 heterocycles. The number of rotatable bonds is 6. The summed E-state index contributed by atoms with van der Waals surface area (Å²) in [6, 6.07) is 10.3. The van der Waals surface area contributed by atoms with Crippen LogP contribution >= 0.6 is 0 Å². The van der Waals surface area contributed by atoms with Gasteiger partial charge >= 0.3 is 0 Å². The monoisotopic (exact) mass is 376 g/mol. The second-order valence-electron chi connectivity index (χ2n) is 6.86. The molecule has 7 nitrogen and oxygen atoms in total. The Hall–Kier alpha value is -3.03. The number of pyridine rings is 1. The first-order chi connectivity index (χ1) is 13.7. The number of methoxy groups -OCH3 is 1. The van der Waals surface area contributed by atoms with Gasteiger partial charge < -0.3 is 10.1 Å². The number of nitrogens with zero attached hydrogens (tertiary/aromatic N) is 5. The van der Waals surface area contributed by atoms with Crippen molar-refractivity contribution in [1.29, 1.82) is 0 Å². The average molecular weight is 376 g/mol. The van der Waals surface area contributed by atoms with E-state index in [-0.39, 0.29) is 6.29 Å². The Morgan fingerprint density at radius 2 is 2.04 bits per heavy atom. The molecule has 1 aliphatic rings. The van der Waals surface area contributed by atoms with Gasteiger partial charge in [0.05, 0.1) is 29.4 Å². The van der Waals surface area contributed by atoms with Crippen molar-refractivity contribution in [3.05, 3.63) is 60.3 Å². The number of aryl methyl sites for hydroxylation is 1. The number of nitrogens with one attached hydrogen (secondary N) is 1. The van der Waals surface area contributed by atoms with Crippen LogP contribution < -0.4 is 5.32 Å². The molecular formula is C21H24N6O. The second kappa shape index (κ2) is 7.92. The number of aromatic nitrogens is 3. The predicted molar refractivity (Wildman–Crippen MR) is 112 cm³/mol. The van der Waals surface area contributed by atoms with E-state index in [0.717, 1.165) is 34.7 Å². The molecule has 1 N–H and O–H groups in total. The van der Waals surface area contributed by atoms with Gasteiger partial charge in [-0.25, -0.2) is 4.98 Å². The Morgan fingerprint density at radius 1 is 1.21 bits per heavy atom. The summed E-state index contributed by atoms with van der Waals surface area (Å²) in [5, 5.41) is 3.35. The predicted octanol–water partition coefficient (Wildman–Crippen LogP) is 2.61. The van der Waals surface area contributed by atoms with Crippen LogP contribution in [-0.2, 0) is 4.74 Å². The molecule has 7 heteroatoms. The quantitative estimate of drug-likeness (QED) is 0.716. The number of benzene rings is 1. The van der Waals surface area contributed by atoms with Crippen LogP contribution in [-0.4, -0.2) is 59.2 Å². The molecule has 3 aromatic rings. The number of hydrogen-bond donors (Lipinski definition) is 1. The maximum atomic E-state index is 5.14. The topological polar surface area (TPSA) is 67.6 Å². The maximum absolute atomic E-state index is 5.14. The van der Waals surface area contributed by atoms with Gasteiger partial charge in [0.25, 0.3) is 0 Å². The Labute approximate surface area is 164 Å². The van der Waals surface area contributed by atoms with Gasteiger partial charge in [0.15, 0.2) is 6.29 Å². The number of likely N-dealkylation sites (N-methyl/N-ethyl adjacent to an activating group) is 1. The first kappa shape index (κ1) is 18.3. The summed E-state index contributed by atoms with van der Waals surface area (Å²) < 4.78 is 7.27. The molecule has 28 heavy (non-hydrogen) atoms. The van der Waals surface area contributed by atoms with Crippen molar-refractivity contribution in [2.24, 2.45) is 4.99 Å². The fourth-order valence-corrected chi connectivity index (χ4v) is 3.19. The van der Waals surface area contributed by atoms with Gasteiger partial charge in [0.2, 0.25) is 0 Å². The molecule has 0 fully saturated rings. The second-order valence-corrected chi connectivity index (χ2v) is 6.86. The van der Waals surface area contributed by atoms with Crippen molar-refractivity contribution >= 4 is 22.8 Å². The Balaban J connectivity index is 1.70. The third kappa shape index (κ3) is 3.54. The third-order valence-corrected chi connectivity index (χ3v) is 4.82. The zero-order valence-corrected chi connectivity index (χ0v) is 16.3. The summed E-state index contributed by atoms with van der Waals surface area (Å²) in [5.74, 6) is 0.834. The van der Waals surface area contributed by atoms with Crippen molar-refractivity contribution in [3.8, 4) is 5.69 Å². The largest absolute Gasteiger partial charge is 0.383 e. The molecule has 0 spiro atoms. The van der Waals surface area contributed by atoms with Crippen molar-refractivity contribution < 1.29 is 4.74 Å². The standard InChI is InChI=1S/C21H24N6O/c1-15-4-6-17(7-5-15)27-19-14-22-9-8-18(19)25-20(27)16-12-23-21(24-13-16)26(2)10-11-28-3/h4-9,12-14,21,23H,10-11H2,1-3H3. The van der Waals surface area contributed by atoms with Crippen LogP contribution in [0.1, 0.15) is 11.4 Å². The minimum Gasteiger partial charge on any atom is -0.383 e. The summed E-state index contributed by atoms with van der Waals surface area (Å²) in [6.45, 7) is 3.54. The molecule has 1 aliphatic heterocycles. The Kier molecular flexibility index (Phi) is 5.18. The normalized spacial score (nSPS) is 16.4. The average Bonchev–Trinajstić information content (AvgIpc) is 3.12. The van der Waals surface area contributed by atoms with Gasteiger partial charge in [-0.1, -0.05) is 17.7 Å². The maximum Gasteiger partial charge on any atom is 0.175 e. The molecule has 0 amide bonds. The lowest BCUT2D eigenvalue weighted by molar-refractivity contribution is 0.134. The molecule has 0 radical (unpaired) electrons. The van der Waals surface area contributed by atoms with Crippen LogP contribution in [0, 0.1) is 6.92 Å². The number of fused-ring (bicyclic) bond motifs is 1. The molecule has 144 valence electrons. The summed E-state index contributed by atoms with van der Waals surface area (Å²) in [4.78, 5) is 15.9. The van der Waals surface area contributed by atoms with Gasteiger partial charge in [-0.05, 0) is 32.2 Å². The SMILES string of the molecule is COCCN(C)C1N=CC(c2nc3ccncc3n2-c2ccc(C)cc2)=CN1. The smallest absolute Gasteiger partial charge is 0.175 e. The Bertz CT molecular complexity index is 1020. The van der Waals surface area contributed by atoms with Crippen LogP contribution in [0.2, 0.25) is 0 Å². The molecule has 2 aromatic heterocycles. The van der Waals surface area contributed by atoms with Crippen LogP contribution in [0.5, 0.6) is 0 Å². The van der Waals surface area contributed by atoms with E-state index in [1.54, 1.807) is 13.3 Å². The highest BCUT2D eigenvalue weighted by Crippen LogP contribution is 2.25. The van der Waals surface area contributed by atoms with E-state index < -0.39 is 0 Å². The van der Waals surface area contributed by atoms with E-state index in [2.05, 4.69) is 55.9 Å². The first-order valence-electron chi connectivity index (χ1n) is 9.26. The lowest BCUT2D eigenvalue weighted by atomic mass is 10.2. The third-order valence-electron chi connectivity index (χ3n) is 4.82. The van der Waals surface area contributed by atoms with Crippen LogP contribution in [0.4, 0.5) is 0 Å². The van der Waals surface area contributed by atoms with Crippen LogP contribution in [0.25, 0.3) is 22.3 Å². The van der Waals surface area contributed by atoms with Crippen LogP contribution in [0.15, 0.2) is 53.9 Å². The lowest BCUT2D eigenvalue weighted by Gasteiger charge is -2.27. The first-order valence-corrected chi connectivity index (χ1v) is 9.26. The van der Waals surface area contributed by atoms with E-state index in [1.165, 1.54) is 5.56 Å². The number of imidazole rings is 1. The lowest BCUT2D eigenvalue weighted by Crippen LogP contribution is -2.42.